The molecule has 1 aromatic carbocycles. The molecule has 1 heteroatoms. The molecule has 1 rings (SSSR count). The molecule has 0 aliphatic rings. The first kappa shape index (κ1) is 6.70. The fourth-order valence-electron chi connectivity index (χ4n) is 0.728. The van der Waals surface area contributed by atoms with Crippen LogP contribution >= 0.6 is 0 Å². The molecule has 0 spiro atoms. The van der Waals surface area contributed by atoms with Crippen molar-refractivity contribution in [2.24, 2.45) is 0 Å². The summed E-state index contributed by atoms with van der Waals surface area (Å²) in [6, 6.07) is 6.89. The standard InChI is InChI=1S/C9H8O/c1-2-4-8-5-3-6-9(10)7-8/h3,5-7,10H,1H3. The Balaban J connectivity index is 3.03. The summed E-state index contributed by atoms with van der Waals surface area (Å²) in [6.07, 6.45) is 0. The van der Waals surface area contributed by atoms with Crippen molar-refractivity contribution in [3.8, 4) is 17.6 Å². The van der Waals surface area contributed by atoms with Gasteiger partial charge in [-0.25, -0.2) is 0 Å². The lowest BCUT2D eigenvalue weighted by molar-refractivity contribution is 0.475. The van der Waals surface area contributed by atoms with Gasteiger partial charge in [0.05, 0.1) is 0 Å². The molecule has 0 radical (unpaired) electrons. The SMILES string of the molecule is CC#Cc1cccc(O)c1. The highest BCUT2D eigenvalue weighted by atomic mass is 16.3. The Bertz CT molecular complexity index is 278. The zero-order chi connectivity index (χ0) is 7.40. The molecule has 0 unspecified atom stereocenters. The smallest absolute Gasteiger partial charge is 0.116 e. The third kappa shape index (κ3) is 1.53. The average molecular weight is 132 g/mol. The molecule has 0 aliphatic carbocycles. The molecule has 0 atom stereocenters. The third-order valence-electron chi connectivity index (χ3n) is 1.12. The van der Waals surface area contributed by atoms with E-state index >= 15 is 0 Å². The Labute approximate surface area is 60.3 Å². The van der Waals surface area contributed by atoms with Crippen molar-refractivity contribution in [2.75, 3.05) is 0 Å². The number of hydrogen-bond donors (Lipinski definition) is 1. The molecule has 0 saturated heterocycles. The lowest BCUT2D eigenvalue weighted by Gasteiger charge is -1.90. The number of benzene rings is 1. The van der Waals surface area contributed by atoms with Gasteiger partial charge in [-0.1, -0.05) is 12.0 Å². The zero-order valence-electron chi connectivity index (χ0n) is 5.76. The molecule has 0 bridgehead atoms. The largest absolute Gasteiger partial charge is 0.508 e. The third-order valence-corrected chi connectivity index (χ3v) is 1.12. The van der Waals surface area contributed by atoms with Crippen LogP contribution in [0.4, 0.5) is 0 Å². The molecular formula is C9H8O. The number of phenolic OH excluding ortho intramolecular Hbond substituents is 1. The second-order valence-electron chi connectivity index (χ2n) is 1.93. The first-order chi connectivity index (χ1) is 4.83. The van der Waals surface area contributed by atoms with Crippen molar-refractivity contribution in [1.82, 2.24) is 0 Å². The molecule has 1 aromatic rings. The lowest BCUT2D eigenvalue weighted by Crippen LogP contribution is -1.70. The first-order valence-corrected chi connectivity index (χ1v) is 3.04. The Morgan fingerprint density at radius 3 is 2.80 bits per heavy atom. The second kappa shape index (κ2) is 2.93. The van der Waals surface area contributed by atoms with E-state index in [0.29, 0.717) is 0 Å². The first-order valence-electron chi connectivity index (χ1n) is 3.04. The van der Waals surface area contributed by atoms with Crippen LogP contribution < -0.4 is 0 Å². The number of hydrogen-bond acceptors (Lipinski definition) is 1. The van der Waals surface area contributed by atoms with Gasteiger partial charge in [-0.15, -0.1) is 5.92 Å². The summed E-state index contributed by atoms with van der Waals surface area (Å²) in [5.74, 6) is 5.85. The molecule has 1 N–H and O–H groups in total. The normalized spacial score (nSPS) is 8.10. The highest BCUT2D eigenvalue weighted by Gasteiger charge is 1.86. The van der Waals surface area contributed by atoms with Crippen LogP contribution in [0.2, 0.25) is 0 Å². The summed E-state index contributed by atoms with van der Waals surface area (Å²) in [4.78, 5) is 0. The van der Waals surface area contributed by atoms with E-state index in [-0.39, 0.29) is 5.75 Å². The number of aromatic hydroxyl groups is 1. The van der Waals surface area contributed by atoms with Crippen LogP contribution in [0.15, 0.2) is 24.3 Å². The molecular weight excluding hydrogens is 124 g/mol. The van der Waals surface area contributed by atoms with E-state index in [9.17, 15) is 0 Å². The van der Waals surface area contributed by atoms with E-state index in [1.54, 1.807) is 25.1 Å². The Hall–Kier alpha value is -1.42. The van der Waals surface area contributed by atoms with Gasteiger partial charge >= 0.3 is 0 Å². The van der Waals surface area contributed by atoms with Gasteiger partial charge < -0.3 is 5.11 Å². The maximum absolute atomic E-state index is 8.97. The van der Waals surface area contributed by atoms with Gasteiger partial charge in [0.2, 0.25) is 0 Å². The van der Waals surface area contributed by atoms with Crippen LogP contribution in [0, 0.1) is 11.8 Å². The maximum Gasteiger partial charge on any atom is 0.116 e. The molecule has 10 heavy (non-hydrogen) atoms. The van der Waals surface area contributed by atoms with E-state index in [0.717, 1.165) is 5.56 Å². The molecule has 50 valence electrons. The van der Waals surface area contributed by atoms with E-state index in [2.05, 4.69) is 11.8 Å². The van der Waals surface area contributed by atoms with Gasteiger partial charge in [-0.05, 0) is 25.1 Å². The average Bonchev–Trinajstić information content (AvgIpc) is 1.88. The highest BCUT2D eigenvalue weighted by Crippen LogP contribution is 2.08. The van der Waals surface area contributed by atoms with Crippen LogP contribution in [-0.2, 0) is 0 Å². The number of phenols is 1. The minimum absolute atomic E-state index is 0.264. The van der Waals surface area contributed by atoms with Gasteiger partial charge in [0.1, 0.15) is 5.75 Å². The van der Waals surface area contributed by atoms with Crippen molar-refractivity contribution in [2.45, 2.75) is 6.92 Å². The minimum Gasteiger partial charge on any atom is -0.508 e. The predicted molar refractivity (Wildman–Crippen MR) is 40.7 cm³/mol. The fraction of sp³-hybridized carbons (Fsp3) is 0.111. The number of rotatable bonds is 0. The van der Waals surface area contributed by atoms with Crippen molar-refractivity contribution in [3.05, 3.63) is 29.8 Å². The van der Waals surface area contributed by atoms with Crippen LogP contribution in [-0.4, -0.2) is 5.11 Å². The Kier molecular flexibility index (Phi) is 1.96. The summed E-state index contributed by atoms with van der Waals surface area (Å²) in [7, 11) is 0. The second-order valence-corrected chi connectivity index (χ2v) is 1.93. The van der Waals surface area contributed by atoms with Crippen LogP contribution in [0.1, 0.15) is 12.5 Å². The van der Waals surface area contributed by atoms with E-state index in [1.807, 2.05) is 6.07 Å². The van der Waals surface area contributed by atoms with E-state index in [1.165, 1.54) is 0 Å². The van der Waals surface area contributed by atoms with Crippen molar-refractivity contribution in [1.29, 1.82) is 0 Å². The molecule has 0 saturated carbocycles. The van der Waals surface area contributed by atoms with Gasteiger partial charge in [0, 0.05) is 5.56 Å². The van der Waals surface area contributed by atoms with Crippen molar-refractivity contribution in [3.63, 3.8) is 0 Å². The van der Waals surface area contributed by atoms with E-state index in [4.69, 9.17) is 5.11 Å². The summed E-state index contributed by atoms with van der Waals surface area (Å²) in [6.45, 7) is 1.77. The van der Waals surface area contributed by atoms with Gasteiger partial charge in [0.25, 0.3) is 0 Å². The highest BCUT2D eigenvalue weighted by molar-refractivity contribution is 5.38. The van der Waals surface area contributed by atoms with Crippen molar-refractivity contribution >= 4 is 0 Å². The van der Waals surface area contributed by atoms with Gasteiger partial charge in [-0.2, -0.15) is 0 Å². The summed E-state index contributed by atoms with van der Waals surface area (Å²) < 4.78 is 0. The molecule has 0 amide bonds. The summed E-state index contributed by atoms with van der Waals surface area (Å²) in [5, 5.41) is 8.97. The maximum atomic E-state index is 8.97. The van der Waals surface area contributed by atoms with Gasteiger partial charge in [-0.3, -0.25) is 0 Å². The predicted octanol–water partition coefficient (Wildman–Crippen LogP) is 1.76. The zero-order valence-corrected chi connectivity index (χ0v) is 5.76. The molecule has 0 fully saturated rings. The molecule has 0 aliphatic heterocycles. The monoisotopic (exact) mass is 132 g/mol. The minimum atomic E-state index is 0.264. The topological polar surface area (TPSA) is 20.2 Å². The van der Waals surface area contributed by atoms with Gasteiger partial charge in [0.15, 0.2) is 0 Å². The lowest BCUT2D eigenvalue weighted by atomic mass is 10.2. The molecule has 0 heterocycles. The van der Waals surface area contributed by atoms with Crippen LogP contribution in [0.25, 0.3) is 0 Å². The van der Waals surface area contributed by atoms with Crippen LogP contribution in [0.5, 0.6) is 5.75 Å². The summed E-state index contributed by atoms with van der Waals surface area (Å²) >= 11 is 0. The van der Waals surface area contributed by atoms with Crippen LogP contribution in [0.3, 0.4) is 0 Å². The Morgan fingerprint density at radius 2 is 2.20 bits per heavy atom. The quantitative estimate of drug-likeness (QED) is 0.533. The Morgan fingerprint density at radius 1 is 1.40 bits per heavy atom. The van der Waals surface area contributed by atoms with E-state index < -0.39 is 0 Å². The molecule has 1 nitrogen and oxygen atoms in total. The molecule has 0 aromatic heterocycles. The fourth-order valence-corrected chi connectivity index (χ4v) is 0.728. The summed E-state index contributed by atoms with van der Waals surface area (Å²) in [5.41, 5.74) is 0.850. The van der Waals surface area contributed by atoms with Crippen molar-refractivity contribution < 1.29 is 5.11 Å².